The van der Waals surface area contributed by atoms with Crippen LogP contribution in [0, 0.1) is 0 Å². The molecule has 0 N–H and O–H groups in total. The van der Waals surface area contributed by atoms with Gasteiger partial charge in [0, 0.05) is 12.3 Å². The van der Waals surface area contributed by atoms with Gasteiger partial charge in [-0.15, -0.1) is 0 Å². The SMILES string of the molecule is C(=C1/CCCC2=C1N=C1SCCN1C2c1ccccc1)/c1ccccc1. The summed E-state index contributed by atoms with van der Waals surface area (Å²) in [5, 5.41) is 1.21. The van der Waals surface area contributed by atoms with E-state index in [4.69, 9.17) is 4.99 Å². The van der Waals surface area contributed by atoms with Gasteiger partial charge in [-0.05, 0) is 47.6 Å². The highest BCUT2D eigenvalue weighted by Gasteiger charge is 2.37. The van der Waals surface area contributed by atoms with Crippen LogP contribution in [-0.4, -0.2) is 22.4 Å². The summed E-state index contributed by atoms with van der Waals surface area (Å²) in [5.74, 6) is 1.14. The van der Waals surface area contributed by atoms with Crippen molar-refractivity contribution in [1.82, 2.24) is 4.90 Å². The number of aliphatic imine (C=N–C) groups is 1. The molecule has 26 heavy (non-hydrogen) atoms. The molecular weight excluding hydrogens is 336 g/mol. The molecule has 1 saturated heterocycles. The third kappa shape index (κ3) is 2.80. The van der Waals surface area contributed by atoms with Crippen molar-refractivity contribution < 1.29 is 0 Å². The second-order valence-electron chi connectivity index (χ2n) is 7.06. The molecule has 0 aromatic heterocycles. The van der Waals surface area contributed by atoms with Crippen LogP contribution in [0.15, 0.2) is 82.5 Å². The normalized spacial score (nSPS) is 23.7. The van der Waals surface area contributed by atoms with Crippen molar-refractivity contribution in [3.63, 3.8) is 0 Å². The van der Waals surface area contributed by atoms with Crippen LogP contribution in [0.3, 0.4) is 0 Å². The monoisotopic (exact) mass is 358 g/mol. The summed E-state index contributed by atoms with van der Waals surface area (Å²) < 4.78 is 0. The van der Waals surface area contributed by atoms with E-state index < -0.39 is 0 Å². The Balaban J connectivity index is 1.64. The van der Waals surface area contributed by atoms with Crippen molar-refractivity contribution in [2.24, 2.45) is 4.99 Å². The van der Waals surface area contributed by atoms with E-state index in [2.05, 4.69) is 71.6 Å². The summed E-state index contributed by atoms with van der Waals surface area (Å²) in [5.41, 5.74) is 6.84. The second kappa shape index (κ2) is 6.81. The lowest BCUT2D eigenvalue weighted by atomic mass is 9.83. The van der Waals surface area contributed by atoms with Crippen molar-refractivity contribution in [2.45, 2.75) is 25.3 Å². The molecule has 1 aliphatic carbocycles. The first-order chi connectivity index (χ1) is 12.9. The fourth-order valence-corrected chi connectivity index (χ4v) is 5.25. The zero-order valence-corrected chi connectivity index (χ0v) is 15.6. The van der Waals surface area contributed by atoms with Gasteiger partial charge < -0.3 is 4.90 Å². The Morgan fingerprint density at radius 1 is 0.962 bits per heavy atom. The zero-order valence-electron chi connectivity index (χ0n) is 14.8. The van der Waals surface area contributed by atoms with Crippen LogP contribution >= 0.6 is 11.8 Å². The van der Waals surface area contributed by atoms with E-state index in [0.29, 0.717) is 6.04 Å². The standard InChI is InChI=1S/C23H22N2S/c1-3-8-17(9-4-1)16-19-12-7-13-20-21(19)24-23-25(14-15-26-23)22(20)18-10-5-2-6-11-18/h1-6,8-11,16,22H,7,12-15H2/b19-16+. The number of hydrogen-bond acceptors (Lipinski definition) is 3. The van der Waals surface area contributed by atoms with Gasteiger partial charge in [0.2, 0.25) is 0 Å². The van der Waals surface area contributed by atoms with Crippen LogP contribution in [0.5, 0.6) is 0 Å². The third-order valence-corrected chi connectivity index (χ3v) is 6.39. The van der Waals surface area contributed by atoms with Crippen molar-refractivity contribution >= 4 is 23.0 Å². The van der Waals surface area contributed by atoms with Gasteiger partial charge in [0.25, 0.3) is 0 Å². The Bertz CT molecular complexity index is 896. The fourth-order valence-electron chi connectivity index (χ4n) is 4.26. The molecule has 0 radical (unpaired) electrons. The minimum atomic E-state index is 0.355. The van der Waals surface area contributed by atoms with Gasteiger partial charge in [-0.2, -0.15) is 0 Å². The van der Waals surface area contributed by atoms with E-state index >= 15 is 0 Å². The molecule has 0 bridgehead atoms. The summed E-state index contributed by atoms with van der Waals surface area (Å²) in [7, 11) is 0. The number of nitrogens with zero attached hydrogens (tertiary/aromatic N) is 2. The van der Waals surface area contributed by atoms with E-state index in [-0.39, 0.29) is 0 Å². The molecule has 1 fully saturated rings. The highest BCUT2D eigenvalue weighted by molar-refractivity contribution is 8.14. The van der Waals surface area contributed by atoms with E-state index in [1.165, 1.54) is 39.6 Å². The molecule has 0 spiro atoms. The van der Waals surface area contributed by atoms with E-state index in [1.807, 2.05) is 11.8 Å². The number of hydrogen-bond donors (Lipinski definition) is 0. The average Bonchev–Trinajstić information content (AvgIpc) is 3.16. The maximum atomic E-state index is 5.14. The smallest absolute Gasteiger partial charge is 0.165 e. The first kappa shape index (κ1) is 16.0. The minimum absolute atomic E-state index is 0.355. The topological polar surface area (TPSA) is 15.6 Å². The first-order valence-corrected chi connectivity index (χ1v) is 10.4. The number of thioether (sulfide) groups is 1. The summed E-state index contributed by atoms with van der Waals surface area (Å²) >= 11 is 1.90. The molecule has 2 aromatic rings. The molecule has 2 nitrogen and oxygen atoms in total. The quantitative estimate of drug-likeness (QED) is 0.687. The minimum Gasteiger partial charge on any atom is -0.339 e. The lowest BCUT2D eigenvalue weighted by molar-refractivity contribution is 0.365. The van der Waals surface area contributed by atoms with Gasteiger partial charge in [0.15, 0.2) is 5.17 Å². The van der Waals surface area contributed by atoms with Gasteiger partial charge in [-0.3, -0.25) is 0 Å². The Kier molecular flexibility index (Phi) is 4.18. The van der Waals surface area contributed by atoms with Gasteiger partial charge in [-0.1, -0.05) is 72.4 Å². The highest BCUT2D eigenvalue weighted by Crippen LogP contribution is 2.46. The number of benzene rings is 2. The van der Waals surface area contributed by atoms with Crippen LogP contribution in [-0.2, 0) is 0 Å². The Hall–Kier alpha value is -2.26. The van der Waals surface area contributed by atoms with E-state index in [1.54, 1.807) is 0 Å². The molecule has 3 aliphatic rings. The molecule has 1 atom stereocenters. The summed E-state index contributed by atoms with van der Waals surface area (Å²) in [4.78, 5) is 7.65. The van der Waals surface area contributed by atoms with Crippen molar-refractivity contribution in [2.75, 3.05) is 12.3 Å². The van der Waals surface area contributed by atoms with Crippen LogP contribution < -0.4 is 0 Å². The maximum absolute atomic E-state index is 5.14. The summed E-state index contributed by atoms with van der Waals surface area (Å²) in [6.45, 7) is 1.09. The molecule has 2 aliphatic heterocycles. The van der Waals surface area contributed by atoms with Crippen LogP contribution in [0.4, 0.5) is 0 Å². The molecule has 0 amide bonds. The van der Waals surface area contributed by atoms with Crippen molar-refractivity contribution in [3.8, 4) is 0 Å². The summed E-state index contributed by atoms with van der Waals surface area (Å²) in [6.07, 6.45) is 5.83. The van der Waals surface area contributed by atoms with Gasteiger partial charge in [0.1, 0.15) is 0 Å². The lowest BCUT2D eigenvalue weighted by Crippen LogP contribution is -2.35. The molecule has 2 aromatic carbocycles. The predicted molar refractivity (Wildman–Crippen MR) is 111 cm³/mol. The number of fused-ring (bicyclic) bond motifs is 1. The number of amidine groups is 1. The van der Waals surface area contributed by atoms with Crippen LogP contribution in [0.1, 0.15) is 36.4 Å². The second-order valence-corrected chi connectivity index (χ2v) is 8.12. The summed E-state index contributed by atoms with van der Waals surface area (Å²) in [6, 6.07) is 22.0. The first-order valence-electron chi connectivity index (χ1n) is 9.42. The van der Waals surface area contributed by atoms with Crippen molar-refractivity contribution in [3.05, 3.63) is 88.6 Å². The molecule has 0 saturated carbocycles. The predicted octanol–water partition coefficient (Wildman–Crippen LogP) is 5.67. The van der Waals surface area contributed by atoms with E-state index in [0.717, 1.165) is 25.1 Å². The van der Waals surface area contributed by atoms with Gasteiger partial charge in [-0.25, -0.2) is 4.99 Å². The maximum Gasteiger partial charge on any atom is 0.165 e. The molecule has 5 rings (SSSR count). The Morgan fingerprint density at radius 2 is 1.73 bits per heavy atom. The fraction of sp³-hybridized carbons (Fsp3) is 0.261. The lowest BCUT2D eigenvalue weighted by Gasteiger charge is -2.38. The van der Waals surface area contributed by atoms with Crippen LogP contribution in [0.25, 0.3) is 6.08 Å². The highest BCUT2D eigenvalue weighted by atomic mass is 32.2. The Labute approximate surface area is 159 Å². The Morgan fingerprint density at radius 3 is 2.54 bits per heavy atom. The van der Waals surface area contributed by atoms with Gasteiger partial charge in [0.05, 0.1) is 11.7 Å². The third-order valence-electron chi connectivity index (χ3n) is 5.41. The molecule has 130 valence electrons. The van der Waals surface area contributed by atoms with Crippen molar-refractivity contribution in [1.29, 1.82) is 0 Å². The number of rotatable bonds is 2. The molecule has 2 heterocycles. The average molecular weight is 359 g/mol. The number of allylic oxidation sites excluding steroid dienone is 1. The largest absolute Gasteiger partial charge is 0.339 e. The van der Waals surface area contributed by atoms with Crippen LogP contribution in [0.2, 0.25) is 0 Å². The molecule has 1 unspecified atom stereocenters. The van der Waals surface area contributed by atoms with E-state index in [9.17, 15) is 0 Å². The molecular formula is C23H22N2S. The van der Waals surface area contributed by atoms with Gasteiger partial charge >= 0.3 is 0 Å². The zero-order chi connectivity index (χ0) is 17.3. The molecule has 3 heteroatoms.